The van der Waals surface area contributed by atoms with Crippen molar-refractivity contribution in [3.8, 4) is 0 Å². The van der Waals surface area contributed by atoms with Crippen molar-refractivity contribution in [2.45, 2.75) is 156 Å². The number of phosphoric acid groups is 1. The fourth-order valence-electron chi connectivity index (χ4n) is 3.85. The fourth-order valence-corrected chi connectivity index (χ4v) is 5.14. The first-order chi connectivity index (χ1) is 17.7. The summed E-state index contributed by atoms with van der Waals surface area (Å²) in [7, 11) is 3.57. The van der Waals surface area contributed by atoms with Crippen LogP contribution in [0.15, 0.2) is 0 Å². The van der Waals surface area contributed by atoms with Gasteiger partial charge < -0.3 is 21.5 Å². The largest absolute Gasteiger partial charge is 1.00 e. The summed E-state index contributed by atoms with van der Waals surface area (Å²) in [6.45, 7) is 11.1. The number of nitrogens with zero attached hydrogens (tertiary/aromatic N) is 1. The Hall–Kier alpha value is 0.550. The number of quaternary nitrogens is 1. The summed E-state index contributed by atoms with van der Waals surface area (Å²) in [5.74, 6) is 0. The third-order valence-corrected chi connectivity index (χ3v) is 7.92. The highest BCUT2D eigenvalue weighted by atomic mass is 79.9. The fraction of sp³-hybridized carbons (Fsp3) is 1.00. The van der Waals surface area contributed by atoms with Crippen LogP contribution in [0.3, 0.4) is 0 Å². The molecule has 0 atom stereocenters. The summed E-state index contributed by atoms with van der Waals surface area (Å²) in [5.41, 5.74) is 0. The molecule has 0 aliphatic heterocycles. The van der Waals surface area contributed by atoms with Gasteiger partial charge in [0.15, 0.2) is 0 Å². The van der Waals surface area contributed by atoms with Gasteiger partial charge >= 0.3 is 7.82 Å². The smallest absolute Gasteiger partial charge is 0.474 e. The maximum atomic E-state index is 12.2. The SMILES string of the molecule is CCCCCCCCCCCCCCCC[N+](C)(C)C.CCCCOP(=O)(OCCCC)OCCCC.[Br-]. The van der Waals surface area contributed by atoms with Gasteiger partial charge in [-0.05, 0) is 32.1 Å². The quantitative estimate of drug-likeness (QED) is 0.0530. The summed E-state index contributed by atoms with van der Waals surface area (Å²) in [6, 6.07) is 0. The molecule has 0 spiro atoms. The van der Waals surface area contributed by atoms with E-state index in [1.54, 1.807) is 0 Å². The van der Waals surface area contributed by atoms with Crippen LogP contribution in [0.1, 0.15) is 156 Å². The molecule has 0 rings (SSSR count). The van der Waals surface area contributed by atoms with E-state index in [0.29, 0.717) is 19.8 Å². The van der Waals surface area contributed by atoms with E-state index in [2.05, 4.69) is 48.8 Å². The lowest BCUT2D eigenvalue weighted by atomic mass is 10.0. The second kappa shape index (κ2) is 32.1. The van der Waals surface area contributed by atoms with Gasteiger partial charge in [-0.2, -0.15) is 0 Å². The zero-order valence-electron chi connectivity index (χ0n) is 26.9. The van der Waals surface area contributed by atoms with Crippen LogP contribution in [0.5, 0.6) is 0 Å². The lowest BCUT2D eigenvalue weighted by Crippen LogP contribution is -3.00. The highest BCUT2D eigenvalue weighted by molar-refractivity contribution is 7.48. The molecule has 0 aromatic heterocycles. The summed E-state index contributed by atoms with van der Waals surface area (Å²) < 4.78 is 29.1. The molecule has 38 heavy (non-hydrogen) atoms. The van der Waals surface area contributed by atoms with E-state index in [-0.39, 0.29) is 17.0 Å². The third kappa shape index (κ3) is 36.5. The van der Waals surface area contributed by atoms with Crippen LogP contribution < -0.4 is 17.0 Å². The van der Waals surface area contributed by atoms with Crippen molar-refractivity contribution in [3.63, 3.8) is 0 Å². The van der Waals surface area contributed by atoms with Crippen molar-refractivity contribution in [2.75, 3.05) is 47.5 Å². The second-order valence-electron chi connectivity index (χ2n) is 11.6. The van der Waals surface area contributed by atoms with Gasteiger partial charge in [0.2, 0.25) is 0 Å². The van der Waals surface area contributed by atoms with Crippen molar-refractivity contribution in [3.05, 3.63) is 0 Å². The molecule has 0 saturated carbocycles. The molecule has 0 aliphatic rings. The Labute approximate surface area is 250 Å². The van der Waals surface area contributed by atoms with Gasteiger partial charge in [-0.1, -0.05) is 124 Å². The molecule has 7 heteroatoms. The standard InChI is InChI=1S/C19H42N.C12H27O4P.BrH/c1-5-6-7-8-9-10-11-12-13-14-15-16-17-18-19-20(2,3)4;1-4-7-10-14-17(13,15-11-8-5-2)16-12-9-6-3;/h5-19H2,1-4H3;4-12H2,1-3H3;1H/q+1;;/p-1. The van der Waals surface area contributed by atoms with Crippen LogP contribution in [0, 0.1) is 0 Å². The highest BCUT2D eigenvalue weighted by Crippen LogP contribution is 2.49. The molecular weight excluding hydrogens is 561 g/mol. The molecule has 0 unspecified atom stereocenters. The van der Waals surface area contributed by atoms with Gasteiger partial charge in [-0.3, -0.25) is 13.6 Å². The summed E-state index contributed by atoms with van der Waals surface area (Å²) in [4.78, 5) is 0. The molecule has 0 N–H and O–H groups in total. The Morgan fingerprint density at radius 2 is 0.711 bits per heavy atom. The highest BCUT2D eigenvalue weighted by Gasteiger charge is 2.25. The Morgan fingerprint density at radius 3 is 0.974 bits per heavy atom. The monoisotopic (exact) mass is 629 g/mol. The molecule has 5 nitrogen and oxygen atoms in total. The normalized spacial score (nSPS) is 11.7. The van der Waals surface area contributed by atoms with E-state index >= 15 is 0 Å². The Bertz CT molecular complexity index is 456. The van der Waals surface area contributed by atoms with Crippen LogP contribution in [0.2, 0.25) is 0 Å². The predicted octanol–water partition coefficient (Wildman–Crippen LogP) is 7.72. The van der Waals surface area contributed by atoms with Gasteiger partial charge in [0.1, 0.15) is 0 Å². The van der Waals surface area contributed by atoms with Gasteiger partial charge in [0, 0.05) is 0 Å². The minimum absolute atomic E-state index is 0. The van der Waals surface area contributed by atoms with Crippen molar-refractivity contribution < 1.29 is 39.6 Å². The minimum atomic E-state index is -3.31. The Morgan fingerprint density at radius 1 is 0.447 bits per heavy atom. The number of rotatable bonds is 27. The van der Waals surface area contributed by atoms with E-state index in [1.807, 2.05) is 0 Å². The van der Waals surface area contributed by atoms with Gasteiger partial charge in [0.25, 0.3) is 0 Å². The van der Waals surface area contributed by atoms with Crippen molar-refractivity contribution in [1.29, 1.82) is 0 Å². The topological polar surface area (TPSA) is 44.8 Å². The Kier molecular flexibility index (Phi) is 36.3. The lowest BCUT2D eigenvalue weighted by Gasteiger charge is -2.23. The molecule has 0 fully saturated rings. The van der Waals surface area contributed by atoms with Crippen LogP contribution in [-0.4, -0.2) is 52.0 Å². The summed E-state index contributed by atoms with van der Waals surface area (Å²) in [6.07, 6.45) is 26.0. The minimum Gasteiger partial charge on any atom is -1.00 e. The zero-order valence-corrected chi connectivity index (χ0v) is 29.4. The van der Waals surface area contributed by atoms with E-state index < -0.39 is 7.82 Å². The van der Waals surface area contributed by atoms with E-state index in [9.17, 15) is 4.57 Å². The first-order valence-corrected chi connectivity index (χ1v) is 17.5. The molecule has 234 valence electrons. The van der Waals surface area contributed by atoms with Crippen molar-refractivity contribution >= 4 is 7.82 Å². The maximum Gasteiger partial charge on any atom is 0.474 e. The summed E-state index contributed by atoms with van der Waals surface area (Å²) in [5, 5.41) is 0. The van der Waals surface area contributed by atoms with E-state index in [4.69, 9.17) is 13.6 Å². The number of hydrogen-bond donors (Lipinski definition) is 0. The molecule has 0 amide bonds. The molecule has 0 aromatic carbocycles. The predicted molar refractivity (Wildman–Crippen MR) is 163 cm³/mol. The molecule has 0 aliphatic carbocycles. The third-order valence-electron chi connectivity index (χ3n) is 6.42. The van der Waals surface area contributed by atoms with Gasteiger partial charge in [0.05, 0.1) is 47.5 Å². The Balaban J connectivity index is -0.000000636. The van der Waals surface area contributed by atoms with Gasteiger partial charge in [-0.25, -0.2) is 4.57 Å². The van der Waals surface area contributed by atoms with Crippen LogP contribution >= 0.6 is 7.82 Å². The lowest BCUT2D eigenvalue weighted by molar-refractivity contribution is -0.870. The van der Waals surface area contributed by atoms with Crippen molar-refractivity contribution in [1.82, 2.24) is 0 Å². The van der Waals surface area contributed by atoms with Crippen LogP contribution in [0.4, 0.5) is 0 Å². The number of phosphoric ester groups is 1. The zero-order chi connectivity index (χ0) is 28.1. The molecule has 0 aromatic rings. The van der Waals surface area contributed by atoms with Crippen molar-refractivity contribution in [2.24, 2.45) is 0 Å². The number of halogens is 1. The number of unbranched alkanes of at least 4 members (excludes halogenated alkanes) is 16. The summed E-state index contributed by atoms with van der Waals surface area (Å²) >= 11 is 0. The van der Waals surface area contributed by atoms with E-state index in [0.717, 1.165) is 43.0 Å². The molecule has 0 bridgehead atoms. The van der Waals surface area contributed by atoms with Crippen LogP contribution in [0.25, 0.3) is 0 Å². The van der Waals surface area contributed by atoms with Crippen LogP contribution in [-0.2, 0) is 18.1 Å². The molecule has 0 heterocycles. The van der Waals surface area contributed by atoms with E-state index in [1.165, 1.54) is 96.4 Å². The number of hydrogen-bond acceptors (Lipinski definition) is 4. The first-order valence-electron chi connectivity index (χ1n) is 16.1. The molecule has 0 saturated heterocycles. The molecular formula is C31H69BrNO4P. The average molecular weight is 631 g/mol. The second-order valence-corrected chi connectivity index (χ2v) is 13.3. The maximum absolute atomic E-state index is 12.2. The van der Waals surface area contributed by atoms with Gasteiger partial charge in [-0.15, -0.1) is 0 Å². The first kappa shape index (κ1) is 43.0. The molecule has 0 radical (unpaired) electrons. The average Bonchev–Trinajstić information content (AvgIpc) is 2.84.